The first kappa shape index (κ1) is 30.7. The van der Waals surface area contributed by atoms with Gasteiger partial charge >= 0.3 is 0 Å². The number of aromatic nitrogens is 3. The van der Waals surface area contributed by atoms with Gasteiger partial charge in [0.05, 0.1) is 18.6 Å². The highest BCUT2D eigenvalue weighted by molar-refractivity contribution is 8.12. The quantitative estimate of drug-likeness (QED) is 0.0633. The molecule has 4 aromatic carbocycles. The third kappa shape index (κ3) is 6.53. The monoisotopic (exact) mass is 640 g/mol. The molecule has 1 aliphatic carbocycles. The topological polar surface area (TPSA) is 104 Å². The fourth-order valence-corrected chi connectivity index (χ4v) is 6.67. The Kier molecular flexibility index (Phi) is 9.18. The number of rotatable bonds is 12. The Bertz CT molecular complexity index is 2000. The van der Waals surface area contributed by atoms with Crippen LogP contribution in [0.3, 0.4) is 0 Å². The van der Waals surface area contributed by atoms with Gasteiger partial charge in [-0.25, -0.2) is 9.67 Å². The summed E-state index contributed by atoms with van der Waals surface area (Å²) in [5, 5.41) is 18.7. The smallest absolute Gasteiger partial charge is 0.213 e. The number of ketones is 2. The van der Waals surface area contributed by atoms with E-state index in [0.29, 0.717) is 50.3 Å². The predicted octanol–water partition coefficient (Wildman–Crippen LogP) is 7.68. The van der Waals surface area contributed by atoms with E-state index in [-0.39, 0.29) is 11.6 Å². The highest BCUT2D eigenvalue weighted by atomic mass is 32.2. The molecule has 8 nitrogen and oxygen atoms in total. The Morgan fingerprint density at radius 1 is 0.804 bits per heavy atom. The number of hydrogen-bond acceptors (Lipinski definition) is 8. The molecule has 0 aliphatic heterocycles. The minimum absolute atomic E-state index is 0.224. The summed E-state index contributed by atoms with van der Waals surface area (Å²) in [6, 6.07) is 26.4. The Hall–Kier alpha value is -5.32. The van der Waals surface area contributed by atoms with Crippen LogP contribution in [-0.2, 0) is 13.1 Å². The van der Waals surface area contributed by atoms with E-state index >= 15 is 0 Å². The second kappa shape index (κ2) is 13.8. The van der Waals surface area contributed by atoms with E-state index in [9.17, 15) is 9.59 Å². The lowest BCUT2D eigenvalue weighted by molar-refractivity contribution is 0.0974. The molecule has 0 saturated carbocycles. The lowest BCUT2D eigenvalue weighted by Crippen LogP contribution is -2.22. The molecule has 1 heterocycles. The van der Waals surface area contributed by atoms with Crippen molar-refractivity contribution >= 4 is 59.1 Å². The van der Waals surface area contributed by atoms with Crippen molar-refractivity contribution in [2.75, 3.05) is 0 Å². The summed E-state index contributed by atoms with van der Waals surface area (Å²) < 4.78 is 1.74. The van der Waals surface area contributed by atoms with E-state index in [1.165, 1.54) is 28.5 Å². The predicted molar refractivity (Wildman–Crippen MR) is 185 cm³/mol. The summed E-state index contributed by atoms with van der Waals surface area (Å²) in [6.45, 7) is 8.52. The zero-order chi connectivity index (χ0) is 32.0. The molecule has 10 heteroatoms. The third-order valence-electron chi connectivity index (χ3n) is 7.36. The molecule has 1 aromatic heterocycles. The van der Waals surface area contributed by atoms with E-state index < -0.39 is 0 Å². The lowest BCUT2D eigenvalue weighted by Gasteiger charge is -2.21. The van der Waals surface area contributed by atoms with Gasteiger partial charge in [-0.3, -0.25) is 20.0 Å². The number of hydrazone groups is 1. The van der Waals surface area contributed by atoms with E-state index in [1.54, 1.807) is 59.0 Å². The summed E-state index contributed by atoms with van der Waals surface area (Å²) in [5.41, 5.74) is 7.09. The molecule has 0 bridgehead atoms. The highest BCUT2D eigenvalue weighted by Gasteiger charge is 2.33. The molecule has 226 valence electrons. The summed E-state index contributed by atoms with van der Waals surface area (Å²) in [7, 11) is 0. The number of fused-ring (bicyclic) bond motifs is 2. The van der Waals surface area contributed by atoms with Gasteiger partial charge in [0.1, 0.15) is 12.7 Å². The van der Waals surface area contributed by atoms with Gasteiger partial charge in [0.2, 0.25) is 5.16 Å². The van der Waals surface area contributed by atoms with Crippen LogP contribution < -0.4 is 0 Å². The molecule has 0 fully saturated rings. The van der Waals surface area contributed by atoms with Gasteiger partial charge in [0.25, 0.3) is 0 Å². The maximum absolute atomic E-state index is 13.9. The maximum Gasteiger partial charge on any atom is 0.213 e. The summed E-state index contributed by atoms with van der Waals surface area (Å²) in [4.78, 5) is 33.4. The second-order valence-corrected chi connectivity index (χ2v) is 12.2. The van der Waals surface area contributed by atoms with E-state index in [2.05, 4.69) is 28.3 Å². The molecule has 0 unspecified atom stereocenters. The van der Waals surface area contributed by atoms with Crippen LogP contribution in [0.25, 0.3) is 12.2 Å². The van der Waals surface area contributed by atoms with E-state index in [0.717, 1.165) is 28.6 Å². The van der Waals surface area contributed by atoms with Crippen molar-refractivity contribution in [1.29, 1.82) is 5.41 Å². The first-order chi connectivity index (χ1) is 22.5. The van der Waals surface area contributed by atoms with Crippen molar-refractivity contribution in [3.63, 3.8) is 0 Å². The molecular formula is C36H28N6O2S2. The molecule has 0 radical (unpaired) electrons. The van der Waals surface area contributed by atoms with Crippen LogP contribution in [0, 0.1) is 5.41 Å². The highest BCUT2D eigenvalue weighted by Crippen LogP contribution is 2.38. The van der Waals surface area contributed by atoms with Gasteiger partial charge in [0, 0.05) is 32.0 Å². The minimum atomic E-state index is -0.226. The molecule has 0 amide bonds. The third-order valence-corrected chi connectivity index (χ3v) is 9.08. The second-order valence-electron chi connectivity index (χ2n) is 10.3. The van der Waals surface area contributed by atoms with Gasteiger partial charge in [0.15, 0.2) is 11.6 Å². The summed E-state index contributed by atoms with van der Waals surface area (Å²) in [6.07, 6.45) is 6.37. The van der Waals surface area contributed by atoms with Crippen molar-refractivity contribution in [2.45, 2.75) is 28.0 Å². The number of benzene rings is 4. The van der Waals surface area contributed by atoms with E-state index in [1.807, 2.05) is 54.6 Å². The number of thioether (sulfide) groups is 1. The van der Waals surface area contributed by atoms with Crippen LogP contribution >= 0.6 is 23.5 Å². The van der Waals surface area contributed by atoms with Crippen LogP contribution in [0.2, 0.25) is 0 Å². The molecule has 0 saturated heterocycles. The van der Waals surface area contributed by atoms with Crippen molar-refractivity contribution in [1.82, 2.24) is 19.8 Å². The number of hydrogen-bond donors (Lipinski definition) is 1. The molecule has 0 spiro atoms. The van der Waals surface area contributed by atoms with Crippen LogP contribution in [0.4, 0.5) is 0 Å². The van der Waals surface area contributed by atoms with Crippen molar-refractivity contribution in [3.05, 3.63) is 149 Å². The van der Waals surface area contributed by atoms with E-state index in [4.69, 9.17) is 5.41 Å². The van der Waals surface area contributed by atoms with Crippen LogP contribution in [0.1, 0.15) is 54.1 Å². The number of nitrogens with zero attached hydrogens (tertiary/aromatic N) is 5. The van der Waals surface area contributed by atoms with Gasteiger partial charge in [-0.2, -0.15) is 5.10 Å². The number of carbonyl (C=O) groups is 2. The fourth-order valence-electron chi connectivity index (χ4n) is 5.01. The zero-order valence-corrected chi connectivity index (χ0v) is 26.3. The average molecular weight is 641 g/mol. The molecule has 46 heavy (non-hydrogen) atoms. The SMILES string of the molecule is C=Cc1ccc(CN(C=N)N=CSc2cccc3c2C(=O)c2cccc(Sc4ncn(Cc5ccc(C=C)cc5)n4)c2C3=O)cc1. The van der Waals surface area contributed by atoms with Crippen LogP contribution in [0.5, 0.6) is 0 Å². The summed E-state index contributed by atoms with van der Waals surface area (Å²) in [5.74, 6) is -0.450. The Labute approximate surface area is 275 Å². The molecule has 0 atom stereocenters. The number of carbonyl (C=O) groups excluding carboxylic acids is 2. The largest absolute Gasteiger partial charge is 0.290 e. The Morgan fingerprint density at radius 2 is 1.39 bits per heavy atom. The lowest BCUT2D eigenvalue weighted by atomic mass is 9.84. The maximum atomic E-state index is 13.9. The molecule has 1 N–H and O–H groups in total. The Morgan fingerprint density at radius 3 is 2.00 bits per heavy atom. The van der Waals surface area contributed by atoms with Gasteiger partial charge in [-0.1, -0.05) is 110 Å². The molecule has 1 aliphatic rings. The van der Waals surface area contributed by atoms with Gasteiger partial charge in [-0.05, 0) is 46.1 Å². The van der Waals surface area contributed by atoms with Crippen molar-refractivity contribution in [3.8, 4) is 0 Å². The van der Waals surface area contributed by atoms with Crippen LogP contribution in [-0.4, -0.2) is 43.2 Å². The normalized spacial score (nSPS) is 12.1. The van der Waals surface area contributed by atoms with Crippen LogP contribution in [0.15, 0.2) is 124 Å². The molecule has 6 rings (SSSR count). The van der Waals surface area contributed by atoms with Crippen molar-refractivity contribution < 1.29 is 9.59 Å². The minimum Gasteiger partial charge on any atom is -0.290 e. The average Bonchev–Trinajstić information content (AvgIpc) is 3.53. The first-order valence-corrected chi connectivity index (χ1v) is 16.0. The molecule has 5 aromatic rings. The van der Waals surface area contributed by atoms with Crippen molar-refractivity contribution in [2.24, 2.45) is 5.10 Å². The first-order valence-electron chi connectivity index (χ1n) is 14.3. The zero-order valence-electron chi connectivity index (χ0n) is 24.7. The molecular weight excluding hydrogens is 613 g/mol. The van der Waals surface area contributed by atoms with Gasteiger partial charge < -0.3 is 0 Å². The number of nitrogens with one attached hydrogen (secondary N) is 1. The Balaban J connectivity index is 1.19. The summed E-state index contributed by atoms with van der Waals surface area (Å²) >= 11 is 2.49. The van der Waals surface area contributed by atoms with Gasteiger partial charge in [-0.15, -0.1) is 5.10 Å². The fraction of sp³-hybridized carbons (Fsp3) is 0.0556. The standard InChI is InChI=1S/C36H28N6O2S2/c1-3-24-11-15-26(16-12-24)19-41(21-37)39-23-45-30-9-5-7-28-32(30)34(43)29-8-6-10-31(33(29)35(28)44)46-36-38-22-42(40-36)20-27-17-13-25(4-2)14-18-27/h3-18,21-23,37H,1-2,19-20H2.